The molecule has 0 aliphatic rings. The summed E-state index contributed by atoms with van der Waals surface area (Å²) in [5, 5.41) is 0. The van der Waals surface area contributed by atoms with Crippen molar-refractivity contribution in [3.05, 3.63) is 30.3 Å². The van der Waals surface area contributed by atoms with Crippen LogP contribution in [0.3, 0.4) is 0 Å². The van der Waals surface area contributed by atoms with E-state index in [2.05, 4.69) is 0 Å². The SMILES string of the molecule is CCOCCS[P@](=O)(OCC)Oc1ccccc1. The van der Waals surface area contributed by atoms with Gasteiger partial charge in [0.15, 0.2) is 0 Å². The monoisotopic (exact) mass is 290 g/mol. The average Bonchev–Trinajstić information content (AvgIpc) is 2.36. The normalized spacial score (nSPS) is 14.1. The van der Waals surface area contributed by atoms with E-state index in [0.717, 1.165) is 0 Å². The van der Waals surface area contributed by atoms with Crippen LogP contribution in [0.4, 0.5) is 0 Å². The molecule has 1 atom stereocenters. The van der Waals surface area contributed by atoms with E-state index in [1.54, 1.807) is 19.1 Å². The quantitative estimate of drug-likeness (QED) is 0.508. The molecule has 1 aromatic carbocycles. The molecule has 0 aliphatic carbocycles. The van der Waals surface area contributed by atoms with Gasteiger partial charge in [-0.3, -0.25) is 4.52 Å². The lowest BCUT2D eigenvalue weighted by molar-refractivity contribution is 0.164. The van der Waals surface area contributed by atoms with Crippen molar-refractivity contribution in [1.29, 1.82) is 0 Å². The molecule has 0 saturated heterocycles. The van der Waals surface area contributed by atoms with Crippen molar-refractivity contribution in [3.8, 4) is 5.75 Å². The fourth-order valence-corrected chi connectivity index (χ4v) is 4.35. The molecular weight excluding hydrogens is 271 g/mol. The highest BCUT2D eigenvalue weighted by atomic mass is 32.7. The van der Waals surface area contributed by atoms with Crippen LogP contribution in [0.5, 0.6) is 5.75 Å². The molecule has 6 heteroatoms. The fourth-order valence-electron chi connectivity index (χ4n) is 1.21. The summed E-state index contributed by atoms with van der Waals surface area (Å²) in [5.74, 6) is 1.14. The van der Waals surface area contributed by atoms with E-state index in [1.165, 1.54) is 11.4 Å². The molecule has 0 unspecified atom stereocenters. The number of hydrogen-bond acceptors (Lipinski definition) is 5. The van der Waals surface area contributed by atoms with Gasteiger partial charge in [0.2, 0.25) is 0 Å². The van der Waals surface area contributed by atoms with Crippen molar-refractivity contribution in [2.24, 2.45) is 0 Å². The van der Waals surface area contributed by atoms with Crippen LogP contribution in [-0.2, 0) is 13.8 Å². The minimum Gasteiger partial charge on any atom is -0.417 e. The van der Waals surface area contributed by atoms with Crippen LogP contribution in [0.15, 0.2) is 30.3 Å². The van der Waals surface area contributed by atoms with Crippen LogP contribution in [-0.4, -0.2) is 25.6 Å². The molecule has 1 aromatic rings. The number of benzene rings is 1. The topological polar surface area (TPSA) is 44.8 Å². The summed E-state index contributed by atoms with van der Waals surface area (Å²) in [6, 6.07) is 9.05. The Balaban J connectivity index is 2.54. The summed E-state index contributed by atoms with van der Waals surface area (Å²) in [6.45, 7) is 2.12. The highest BCUT2D eigenvalue weighted by Gasteiger charge is 2.26. The van der Waals surface area contributed by atoms with Gasteiger partial charge in [0.25, 0.3) is 0 Å². The highest BCUT2D eigenvalue weighted by Crippen LogP contribution is 2.59. The highest BCUT2D eigenvalue weighted by molar-refractivity contribution is 8.55. The van der Waals surface area contributed by atoms with Gasteiger partial charge in [-0.05, 0) is 37.4 Å². The van der Waals surface area contributed by atoms with Crippen molar-refractivity contribution >= 4 is 18.2 Å². The van der Waals surface area contributed by atoms with Gasteiger partial charge >= 0.3 is 6.80 Å². The number of ether oxygens (including phenoxy) is 1. The number of rotatable bonds is 9. The second kappa shape index (κ2) is 8.59. The fraction of sp³-hybridized carbons (Fsp3) is 0.500. The van der Waals surface area contributed by atoms with E-state index in [0.29, 0.717) is 31.3 Å². The standard InChI is InChI=1S/C12H19O4PS/c1-3-14-10-11-18-17(13,15-4-2)16-12-8-6-5-7-9-12/h5-9H,3-4,10-11H2,1-2H3/t17-/m1/s1. The van der Waals surface area contributed by atoms with Crippen LogP contribution >= 0.6 is 18.2 Å². The van der Waals surface area contributed by atoms with E-state index in [1.807, 2.05) is 25.1 Å². The molecule has 0 spiro atoms. The predicted molar refractivity (Wildman–Crippen MR) is 75.3 cm³/mol. The molecule has 0 heterocycles. The molecule has 0 N–H and O–H groups in total. The summed E-state index contributed by atoms with van der Waals surface area (Å²) >= 11 is 1.17. The lowest BCUT2D eigenvalue weighted by Gasteiger charge is -2.17. The first kappa shape index (κ1) is 15.6. The maximum Gasteiger partial charge on any atom is 0.440 e. The third-order valence-electron chi connectivity index (χ3n) is 1.93. The van der Waals surface area contributed by atoms with Gasteiger partial charge in [-0.25, -0.2) is 4.57 Å². The first-order chi connectivity index (χ1) is 8.70. The van der Waals surface area contributed by atoms with E-state index in [9.17, 15) is 4.57 Å². The van der Waals surface area contributed by atoms with Gasteiger partial charge in [0.1, 0.15) is 5.75 Å². The van der Waals surface area contributed by atoms with Crippen LogP contribution in [0, 0.1) is 0 Å². The zero-order valence-electron chi connectivity index (χ0n) is 10.7. The van der Waals surface area contributed by atoms with Crippen LogP contribution in [0.2, 0.25) is 0 Å². The summed E-state index contributed by atoms with van der Waals surface area (Å²) in [4.78, 5) is 0. The van der Waals surface area contributed by atoms with Gasteiger partial charge in [0.05, 0.1) is 13.2 Å². The molecule has 0 fully saturated rings. The zero-order chi connectivity index (χ0) is 13.3. The molecule has 4 nitrogen and oxygen atoms in total. The maximum atomic E-state index is 12.4. The van der Waals surface area contributed by atoms with Gasteiger partial charge in [-0.1, -0.05) is 18.2 Å². The van der Waals surface area contributed by atoms with Crippen molar-refractivity contribution in [3.63, 3.8) is 0 Å². The van der Waals surface area contributed by atoms with Crippen molar-refractivity contribution in [2.75, 3.05) is 25.6 Å². The van der Waals surface area contributed by atoms with Crippen LogP contribution in [0.1, 0.15) is 13.8 Å². The molecule has 0 saturated carbocycles. The third-order valence-corrected chi connectivity index (χ3v) is 5.64. The second-order valence-corrected chi connectivity index (χ2v) is 7.42. The smallest absolute Gasteiger partial charge is 0.417 e. The molecule has 1 rings (SSSR count). The minimum atomic E-state index is -3.14. The molecule has 0 radical (unpaired) electrons. The Morgan fingerprint density at radius 1 is 1.17 bits per heavy atom. The first-order valence-corrected chi connectivity index (χ1v) is 9.05. The summed E-state index contributed by atoms with van der Waals surface area (Å²) in [7, 11) is 0. The molecule has 0 bridgehead atoms. The Morgan fingerprint density at radius 2 is 1.89 bits per heavy atom. The largest absolute Gasteiger partial charge is 0.440 e. The average molecular weight is 290 g/mol. The first-order valence-electron chi connectivity index (χ1n) is 5.91. The van der Waals surface area contributed by atoms with E-state index < -0.39 is 6.80 Å². The summed E-state index contributed by atoms with van der Waals surface area (Å²) < 4.78 is 28.3. The van der Waals surface area contributed by atoms with Crippen molar-refractivity contribution in [1.82, 2.24) is 0 Å². The lowest BCUT2D eigenvalue weighted by atomic mass is 10.3. The molecule has 102 valence electrons. The molecule has 0 aromatic heterocycles. The van der Waals surface area contributed by atoms with E-state index >= 15 is 0 Å². The molecular formula is C12H19O4PS. The van der Waals surface area contributed by atoms with Gasteiger partial charge < -0.3 is 9.26 Å². The Morgan fingerprint density at radius 3 is 2.50 bits per heavy atom. The van der Waals surface area contributed by atoms with Gasteiger partial charge in [0, 0.05) is 12.4 Å². The maximum absolute atomic E-state index is 12.4. The van der Waals surface area contributed by atoms with Gasteiger partial charge in [-0.15, -0.1) is 0 Å². The predicted octanol–water partition coefficient (Wildman–Crippen LogP) is 3.98. The molecule has 18 heavy (non-hydrogen) atoms. The van der Waals surface area contributed by atoms with E-state index in [4.69, 9.17) is 13.8 Å². The zero-order valence-corrected chi connectivity index (χ0v) is 12.4. The minimum absolute atomic E-state index is 0.353. The van der Waals surface area contributed by atoms with Crippen molar-refractivity contribution < 1.29 is 18.3 Å². The second-order valence-electron chi connectivity index (χ2n) is 3.30. The Labute approximate surface area is 112 Å². The van der Waals surface area contributed by atoms with Gasteiger partial charge in [-0.2, -0.15) is 0 Å². The van der Waals surface area contributed by atoms with Crippen molar-refractivity contribution in [2.45, 2.75) is 13.8 Å². The summed E-state index contributed by atoms with van der Waals surface area (Å²) in [5.41, 5.74) is 0. The Kier molecular flexibility index (Phi) is 7.44. The van der Waals surface area contributed by atoms with Crippen LogP contribution < -0.4 is 4.52 Å². The summed E-state index contributed by atoms with van der Waals surface area (Å²) in [6.07, 6.45) is 0. The van der Waals surface area contributed by atoms with E-state index in [-0.39, 0.29) is 0 Å². The third kappa shape index (κ3) is 5.91. The Hall–Kier alpha value is -0.480. The number of para-hydroxylation sites is 1. The molecule has 0 aliphatic heterocycles. The number of hydrogen-bond donors (Lipinski definition) is 0. The Bertz CT molecular complexity index is 372. The molecule has 0 amide bonds. The van der Waals surface area contributed by atoms with Crippen LogP contribution in [0.25, 0.3) is 0 Å². The lowest BCUT2D eigenvalue weighted by Crippen LogP contribution is -2.00.